The van der Waals surface area contributed by atoms with E-state index >= 15 is 0 Å². The molecule has 2 aromatic carbocycles. The van der Waals surface area contributed by atoms with Crippen molar-refractivity contribution < 1.29 is 13.9 Å². The Morgan fingerprint density at radius 2 is 1.70 bits per heavy atom. The number of hydrogen-bond acceptors (Lipinski definition) is 3. The summed E-state index contributed by atoms with van der Waals surface area (Å²) in [6.07, 6.45) is 1.76. The minimum atomic E-state index is -0.156. The van der Waals surface area contributed by atoms with E-state index in [2.05, 4.69) is 17.0 Å². The third-order valence-electron chi connectivity index (χ3n) is 5.59. The Hall–Kier alpha value is -2.24. The molecule has 0 unspecified atom stereocenters. The first-order chi connectivity index (χ1) is 13.2. The van der Waals surface area contributed by atoms with Gasteiger partial charge in [-0.15, -0.1) is 0 Å². The summed E-state index contributed by atoms with van der Waals surface area (Å²) in [5.74, 6) is -0.0982. The van der Waals surface area contributed by atoms with Gasteiger partial charge in [-0.05, 0) is 24.5 Å². The van der Waals surface area contributed by atoms with Gasteiger partial charge in [-0.25, -0.2) is 4.39 Å². The number of carbonyl (C=O) groups is 1. The molecule has 4 rings (SSSR count). The van der Waals surface area contributed by atoms with Gasteiger partial charge in [0.2, 0.25) is 5.91 Å². The quantitative estimate of drug-likeness (QED) is 0.831. The van der Waals surface area contributed by atoms with Crippen molar-refractivity contribution in [1.82, 2.24) is 9.80 Å². The molecule has 2 aliphatic rings. The van der Waals surface area contributed by atoms with Crippen LogP contribution in [0.1, 0.15) is 24.0 Å². The maximum Gasteiger partial charge on any atom is 0.249 e. The summed E-state index contributed by atoms with van der Waals surface area (Å²) in [5, 5.41) is 0. The third-order valence-corrected chi connectivity index (χ3v) is 5.59. The Bertz CT molecular complexity index is 783. The number of nitrogens with zero attached hydrogens (tertiary/aromatic N) is 2. The number of amides is 1. The van der Waals surface area contributed by atoms with Crippen molar-refractivity contribution in [3.05, 3.63) is 71.5 Å². The highest BCUT2D eigenvalue weighted by atomic mass is 19.1. The predicted molar refractivity (Wildman–Crippen MR) is 101 cm³/mol. The van der Waals surface area contributed by atoms with Gasteiger partial charge in [-0.2, -0.15) is 0 Å². The van der Waals surface area contributed by atoms with Crippen LogP contribution in [-0.2, 0) is 22.6 Å². The lowest BCUT2D eigenvalue weighted by molar-refractivity contribution is -0.158. The van der Waals surface area contributed by atoms with Crippen LogP contribution in [0.4, 0.5) is 4.39 Å². The molecule has 0 saturated carbocycles. The topological polar surface area (TPSA) is 32.8 Å². The number of carbonyl (C=O) groups excluding carboxylic acids is 1. The summed E-state index contributed by atoms with van der Waals surface area (Å²) in [4.78, 5) is 16.8. The molecule has 2 atom stereocenters. The van der Waals surface area contributed by atoms with E-state index in [0.717, 1.165) is 37.1 Å². The van der Waals surface area contributed by atoms with Crippen LogP contribution >= 0.6 is 0 Å². The van der Waals surface area contributed by atoms with E-state index in [1.54, 1.807) is 6.07 Å². The van der Waals surface area contributed by atoms with Gasteiger partial charge in [0, 0.05) is 31.7 Å². The smallest absolute Gasteiger partial charge is 0.249 e. The summed E-state index contributed by atoms with van der Waals surface area (Å²) < 4.78 is 19.9. The largest absolute Gasteiger partial charge is 0.366 e. The van der Waals surface area contributed by atoms with Crippen LogP contribution in [0.2, 0.25) is 0 Å². The van der Waals surface area contributed by atoms with Gasteiger partial charge >= 0.3 is 0 Å². The second-order valence-corrected chi connectivity index (χ2v) is 7.37. The number of halogens is 1. The number of hydrogen-bond donors (Lipinski definition) is 0. The predicted octanol–water partition coefficient (Wildman–Crippen LogP) is 3.22. The van der Waals surface area contributed by atoms with Gasteiger partial charge in [-0.3, -0.25) is 9.69 Å². The van der Waals surface area contributed by atoms with Crippen molar-refractivity contribution in [2.75, 3.05) is 19.7 Å². The lowest BCUT2D eigenvalue weighted by Crippen LogP contribution is -2.53. The first-order valence-corrected chi connectivity index (χ1v) is 9.61. The van der Waals surface area contributed by atoms with Gasteiger partial charge in [-0.1, -0.05) is 48.5 Å². The molecule has 2 saturated heterocycles. The van der Waals surface area contributed by atoms with E-state index < -0.39 is 0 Å². The van der Waals surface area contributed by atoms with Crippen molar-refractivity contribution in [3.63, 3.8) is 0 Å². The van der Waals surface area contributed by atoms with E-state index in [4.69, 9.17) is 4.74 Å². The molecule has 0 N–H and O–H groups in total. The Balaban J connectivity index is 1.46. The minimum absolute atomic E-state index is 0.0528. The zero-order valence-corrected chi connectivity index (χ0v) is 15.4. The number of rotatable bonds is 4. The summed E-state index contributed by atoms with van der Waals surface area (Å²) >= 11 is 0. The highest BCUT2D eigenvalue weighted by Gasteiger charge is 2.38. The van der Waals surface area contributed by atoms with Crippen LogP contribution in [0.3, 0.4) is 0 Å². The van der Waals surface area contributed by atoms with E-state index in [-0.39, 0.29) is 30.5 Å². The van der Waals surface area contributed by atoms with Crippen molar-refractivity contribution in [2.45, 2.75) is 38.1 Å². The molecular formula is C22H25FN2O2. The summed E-state index contributed by atoms with van der Waals surface area (Å²) in [6.45, 7) is 3.05. The lowest BCUT2D eigenvalue weighted by atomic mass is 10.0. The Morgan fingerprint density at radius 3 is 2.52 bits per heavy atom. The molecule has 0 radical (unpaired) electrons. The molecule has 142 valence electrons. The Kier molecular flexibility index (Phi) is 5.50. The maximum atomic E-state index is 14.0. The highest BCUT2D eigenvalue weighted by molar-refractivity contribution is 5.78. The standard InChI is InChI=1S/C22H25FN2O2/c23-19-9-5-4-8-18(19)15-24-12-10-20-21(11-13-24)27-16-22(26)25(20)14-17-6-2-1-3-7-17/h1-9,20-21H,10-16H2/t20-,21-/m0/s1. The number of morpholine rings is 1. The normalized spacial score (nSPS) is 23.7. The van der Waals surface area contributed by atoms with Crippen LogP contribution in [0.25, 0.3) is 0 Å². The number of fused-ring (bicyclic) bond motifs is 1. The zero-order chi connectivity index (χ0) is 18.6. The van der Waals surface area contributed by atoms with Crippen LogP contribution in [0.15, 0.2) is 54.6 Å². The van der Waals surface area contributed by atoms with Crippen molar-refractivity contribution in [3.8, 4) is 0 Å². The van der Waals surface area contributed by atoms with Crippen LogP contribution in [-0.4, -0.2) is 47.5 Å². The molecule has 0 aromatic heterocycles. The maximum absolute atomic E-state index is 14.0. The molecule has 0 aliphatic carbocycles. The highest BCUT2D eigenvalue weighted by Crippen LogP contribution is 2.27. The number of benzene rings is 2. The van der Waals surface area contributed by atoms with E-state index in [9.17, 15) is 9.18 Å². The average Bonchev–Trinajstić information content (AvgIpc) is 2.89. The van der Waals surface area contributed by atoms with E-state index in [0.29, 0.717) is 13.1 Å². The molecular weight excluding hydrogens is 343 g/mol. The molecule has 2 aromatic rings. The van der Waals surface area contributed by atoms with Gasteiger partial charge in [0.15, 0.2) is 0 Å². The Labute approximate surface area is 159 Å². The van der Waals surface area contributed by atoms with Gasteiger partial charge in [0.05, 0.1) is 12.1 Å². The molecule has 5 heteroatoms. The van der Waals surface area contributed by atoms with Crippen molar-refractivity contribution >= 4 is 5.91 Å². The zero-order valence-electron chi connectivity index (χ0n) is 15.4. The average molecular weight is 368 g/mol. The number of ether oxygens (including phenoxy) is 1. The molecule has 1 amide bonds. The Morgan fingerprint density at radius 1 is 0.963 bits per heavy atom. The summed E-state index contributed by atoms with van der Waals surface area (Å²) in [5.41, 5.74) is 1.86. The first kappa shape index (κ1) is 18.1. The molecule has 2 fully saturated rings. The SMILES string of the molecule is O=C1CO[C@H]2CCN(Cc3ccccc3F)CC[C@@H]2N1Cc1ccccc1. The summed E-state index contributed by atoms with van der Waals surface area (Å²) in [6, 6.07) is 17.1. The number of likely N-dealkylation sites (tertiary alicyclic amines) is 1. The third kappa shape index (κ3) is 4.20. The van der Waals surface area contributed by atoms with Crippen LogP contribution < -0.4 is 0 Å². The minimum Gasteiger partial charge on any atom is -0.366 e. The van der Waals surface area contributed by atoms with Crippen molar-refractivity contribution in [1.29, 1.82) is 0 Å². The molecule has 4 nitrogen and oxygen atoms in total. The second kappa shape index (κ2) is 8.19. The van der Waals surface area contributed by atoms with Crippen LogP contribution in [0.5, 0.6) is 0 Å². The second-order valence-electron chi connectivity index (χ2n) is 7.37. The van der Waals surface area contributed by atoms with E-state index in [1.165, 1.54) is 6.07 Å². The fourth-order valence-corrected chi connectivity index (χ4v) is 4.12. The van der Waals surface area contributed by atoms with Gasteiger partial charge < -0.3 is 9.64 Å². The van der Waals surface area contributed by atoms with E-state index in [1.807, 2.05) is 35.2 Å². The van der Waals surface area contributed by atoms with Crippen molar-refractivity contribution in [2.24, 2.45) is 0 Å². The first-order valence-electron chi connectivity index (χ1n) is 9.61. The molecule has 2 heterocycles. The molecule has 0 bridgehead atoms. The van der Waals surface area contributed by atoms with Gasteiger partial charge in [0.25, 0.3) is 0 Å². The molecule has 2 aliphatic heterocycles. The molecule has 27 heavy (non-hydrogen) atoms. The fraction of sp³-hybridized carbons (Fsp3) is 0.409. The summed E-state index contributed by atoms with van der Waals surface area (Å²) in [7, 11) is 0. The monoisotopic (exact) mass is 368 g/mol. The fourth-order valence-electron chi connectivity index (χ4n) is 4.12. The van der Waals surface area contributed by atoms with Crippen LogP contribution in [0, 0.1) is 5.82 Å². The lowest BCUT2D eigenvalue weighted by Gasteiger charge is -2.40. The molecule has 0 spiro atoms. The van der Waals surface area contributed by atoms with Gasteiger partial charge in [0.1, 0.15) is 12.4 Å².